The normalized spacial score (nSPS) is 16.8. The molecule has 1 rings (SSSR count). The molecule has 0 aromatic heterocycles. The minimum absolute atomic E-state index is 0.685. The Labute approximate surface area is 93.9 Å². The molecular formula is C7H10BCl3Ti+. The van der Waals surface area contributed by atoms with Crippen molar-refractivity contribution in [3.63, 3.8) is 0 Å². The first-order chi connectivity index (χ1) is 5.54. The molecule has 1 aliphatic carbocycles. The van der Waals surface area contributed by atoms with Crippen molar-refractivity contribution < 1.29 is 14.7 Å². The molecule has 12 heavy (non-hydrogen) atoms. The number of rotatable bonds is 1. The summed E-state index contributed by atoms with van der Waals surface area (Å²) in [6.45, 7) is 5.09. The maximum absolute atomic E-state index is 4.97. The fraction of sp³-hybridized carbons (Fsp3) is 0.286. The molecule has 0 aromatic carbocycles. The molecule has 0 atom stereocenters. The Morgan fingerprint density at radius 1 is 1.08 bits per heavy atom. The van der Waals surface area contributed by atoms with Crippen LogP contribution < -0.4 is 0 Å². The second-order valence-electron chi connectivity index (χ2n) is 2.59. The van der Waals surface area contributed by atoms with E-state index in [1.54, 1.807) is 0 Å². The Morgan fingerprint density at radius 3 is 1.58 bits per heavy atom. The fourth-order valence-electron chi connectivity index (χ4n) is 0.774. The van der Waals surface area contributed by atoms with Crippen molar-refractivity contribution in [3.05, 3.63) is 31.5 Å². The molecule has 0 spiro atoms. The number of hydrogen-bond acceptors (Lipinski definition) is 0. The van der Waals surface area contributed by atoms with Gasteiger partial charge in [-0.3, -0.25) is 0 Å². The molecule has 0 unspecified atom stereocenters. The molecule has 0 saturated heterocycles. The third kappa shape index (κ3) is 8.26. The van der Waals surface area contributed by atoms with E-state index in [1.807, 2.05) is 0 Å². The van der Waals surface area contributed by atoms with Gasteiger partial charge in [0.05, 0.1) is 0 Å². The molecule has 1 saturated carbocycles. The SMILES string of the molecule is CB(C)[C]1[CH][CH][CH][CH]1.[Cl][Ti+]([Cl])[Cl]. The maximum atomic E-state index is 4.97. The Bertz CT molecular complexity index is 102. The zero-order valence-corrected chi connectivity index (χ0v) is 10.8. The molecular weight excluding hydrogens is 249 g/mol. The van der Waals surface area contributed by atoms with E-state index in [0.717, 1.165) is 0 Å². The molecule has 65 valence electrons. The molecule has 1 aliphatic rings. The van der Waals surface area contributed by atoms with Gasteiger partial charge in [0.25, 0.3) is 0 Å². The Balaban J connectivity index is 0.000000261. The summed E-state index contributed by atoms with van der Waals surface area (Å²) >= 11 is -1.92. The first kappa shape index (κ1) is 13.6. The van der Waals surface area contributed by atoms with Crippen molar-refractivity contribution in [2.75, 3.05) is 0 Å². The molecule has 0 amide bonds. The van der Waals surface area contributed by atoms with Crippen molar-refractivity contribution in [1.29, 1.82) is 0 Å². The van der Waals surface area contributed by atoms with Gasteiger partial charge in [-0.1, -0.05) is 13.6 Å². The van der Waals surface area contributed by atoms with E-state index >= 15 is 0 Å². The molecule has 0 N–H and O–H groups in total. The van der Waals surface area contributed by atoms with Gasteiger partial charge in [-0.2, -0.15) is 0 Å². The van der Waals surface area contributed by atoms with E-state index in [4.69, 9.17) is 27.9 Å². The molecule has 0 aliphatic heterocycles. The van der Waals surface area contributed by atoms with Crippen molar-refractivity contribution in [2.24, 2.45) is 0 Å². The van der Waals surface area contributed by atoms with Gasteiger partial charge in [0.1, 0.15) is 6.71 Å². The van der Waals surface area contributed by atoms with Gasteiger partial charge in [0.2, 0.25) is 0 Å². The third-order valence-electron chi connectivity index (χ3n) is 1.36. The molecule has 0 nitrogen and oxygen atoms in total. The van der Waals surface area contributed by atoms with Crippen molar-refractivity contribution in [2.45, 2.75) is 13.6 Å². The van der Waals surface area contributed by atoms with Gasteiger partial charge >= 0.3 is 42.6 Å². The molecule has 5 radical (unpaired) electrons. The molecule has 1 fully saturated rings. The first-order valence-electron chi connectivity index (χ1n) is 3.59. The van der Waals surface area contributed by atoms with Crippen molar-refractivity contribution in [3.8, 4) is 0 Å². The summed E-state index contributed by atoms with van der Waals surface area (Å²) in [7, 11) is 14.9. The summed E-state index contributed by atoms with van der Waals surface area (Å²) in [6.07, 6.45) is 8.47. The monoisotopic (exact) mass is 258 g/mol. The van der Waals surface area contributed by atoms with E-state index < -0.39 is 14.7 Å². The summed E-state index contributed by atoms with van der Waals surface area (Å²) in [5.41, 5.74) is 0. The average Bonchev–Trinajstić information content (AvgIpc) is 2.34. The van der Waals surface area contributed by atoms with Crippen LogP contribution in [0.3, 0.4) is 0 Å². The van der Waals surface area contributed by atoms with Gasteiger partial charge < -0.3 is 0 Å². The van der Waals surface area contributed by atoms with Crippen LogP contribution in [0, 0.1) is 31.5 Å². The van der Waals surface area contributed by atoms with Crippen LogP contribution in [-0.4, -0.2) is 6.71 Å². The van der Waals surface area contributed by atoms with Crippen LogP contribution in [0.4, 0.5) is 0 Å². The predicted molar refractivity (Wildman–Crippen MR) is 55.5 cm³/mol. The van der Waals surface area contributed by atoms with Crippen molar-refractivity contribution in [1.82, 2.24) is 0 Å². The summed E-state index contributed by atoms with van der Waals surface area (Å²) in [5, 5.41) is 0. The molecule has 0 heterocycles. The van der Waals surface area contributed by atoms with Crippen LogP contribution in [0.5, 0.6) is 0 Å². The zero-order valence-electron chi connectivity index (χ0n) is 7.02. The molecule has 0 aromatic rings. The number of halogens is 3. The third-order valence-corrected chi connectivity index (χ3v) is 1.36. The first-order valence-corrected chi connectivity index (χ1v) is 10.0. The van der Waals surface area contributed by atoms with Gasteiger partial charge in [-0.15, -0.1) is 0 Å². The second kappa shape index (κ2) is 8.00. The van der Waals surface area contributed by atoms with Crippen LogP contribution in [-0.2, 0) is 14.7 Å². The van der Waals surface area contributed by atoms with E-state index in [9.17, 15) is 0 Å². The molecule has 5 heteroatoms. The molecule has 0 bridgehead atoms. The number of hydrogen-bond donors (Lipinski definition) is 0. The standard InChI is InChI=1S/C7H10B.3ClH.Ti/c1-8(2)7-5-3-4-6-7;;;;/h3-6H,1-2H3;3*1H;/q;;;;+4/p-3. The fourth-order valence-corrected chi connectivity index (χ4v) is 0.774. The van der Waals surface area contributed by atoms with Gasteiger partial charge in [-0.25, -0.2) is 0 Å². The average molecular weight is 259 g/mol. The van der Waals surface area contributed by atoms with E-state index in [0.29, 0.717) is 6.71 Å². The van der Waals surface area contributed by atoms with Gasteiger partial charge in [0.15, 0.2) is 0 Å². The zero-order chi connectivity index (χ0) is 9.56. The van der Waals surface area contributed by atoms with E-state index in [-0.39, 0.29) is 0 Å². The van der Waals surface area contributed by atoms with Crippen molar-refractivity contribution >= 4 is 34.6 Å². The summed E-state index contributed by atoms with van der Waals surface area (Å²) in [5.74, 6) is 1.44. The van der Waals surface area contributed by atoms with Gasteiger partial charge in [0, 0.05) is 0 Å². The van der Waals surface area contributed by atoms with E-state index in [2.05, 4.69) is 39.3 Å². The van der Waals surface area contributed by atoms with Crippen LogP contribution in [0.2, 0.25) is 13.6 Å². The van der Waals surface area contributed by atoms with Crippen LogP contribution >= 0.6 is 27.9 Å². The Hall–Kier alpha value is 1.65. The van der Waals surface area contributed by atoms with E-state index in [1.165, 1.54) is 5.82 Å². The Kier molecular flexibility index (Phi) is 9.10. The van der Waals surface area contributed by atoms with Crippen LogP contribution in [0.25, 0.3) is 0 Å². The predicted octanol–water partition coefficient (Wildman–Crippen LogP) is 3.75. The summed E-state index contributed by atoms with van der Waals surface area (Å²) in [6, 6.07) is 0. The van der Waals surface area contributed by atoms with Crippen LogP contribution in [0.15, 0.2) is 0 Å². The van der Waals surface area contributed by atoms with Crippen LogP contribution in [0.1, 0.15) is 0 Å². The van der Waals surface area contributed by atoms with Gasteiger partial charge in [-0.05, 0) is 31.5 Å². The second-order valence-corrected chi connectivity index (χ2v) is 10.3. The topological polar surface area (TPSA) is 0 Å². The quantitative estimate of drug-likeness (QED) is 0.629. The summed E-state index contributed by atoms with van der Waals surface area (Å²) < 4.78 is 0. The Morgan fingerprint density at radius 2 is 1.42 bits per heavy atom. The minimum atomic E-state index is -1.92. The summed E-state index contributed by atoms with van der Waals surface area (Å²) in [4.78, 5) is 0.